The van der Waals surface area contributed by atoms with Gasteiger partial charge in [-0.2, -0.15) is 0 Å². The van der Waals surface area contributed by atoms with Gasteiger partial charge in [-0.15, -0.1) is 24.0 Å². The number of hydrogen-bond donors (Lipinski definition) is 3. The van der Waals surface area contributed by atoms with Crippen LogP contribution in [0.15, 0.2) is 29.3 Å². The van der Waals surface area contributed by atoms with Crippen LogP contribution in [0.2, 0.25) is 5.02 Å². The third-order valence-electron chi connectivity index (χ3n) is 4.50. The zero-order valence-corrected chi connectivity index (χ0v) is 20.5. The average Bonchev–Trinajstić information content (AvgIpc) is 2.65. The van der Waals surface area contributed by atoms with Crippen molar-refractivity contribution in [3.05, 3.63) is 34.9 Å². The highest BCUT2D eigenvalue weighted by atomic mass is 127. The summed E-state index contributed by atoms with van der Waals surface area (Å²) in [5.41, 5.74) is 0.685. The van der Waals surface area contributed by atoms with E-state index in [0.717, 1.165) is 38.7 Å². The number of rotatable bonds is 7. The van der Waals surface area contributed by atoms with E-state index in [9.17, 15) is 9.90 Å². The molecule has 0 bridgehead atoms. The number of guanidine groups is 1. The number of hydrogen-bond acceptors (Lipinski definition) is 4. The van der Waals surface area contributed by atoms with E-state index in [4.69, 9.17) is 11.6 Å². The minimum absolute atomic E-state index is 0. The summed E-state index contributed by atoms with van der Waals surface area (Å²) in [6.45, 7) is 10.5. The summed E-state index contributed by atoms with van der Waals surface area (Å²) in [4.78, 5) is 20.9. The summed E-state index contributed by atoms with van der Waals surface area (Å²) < 4.78 is 0. The van der Waals surface area contributed by atoms with Crippen LogP contribution in [0.1, 0.15) is 32.4 Å². The van der Waals surface area contributed by atoms with Crippen LogP contribution in [0.25, 0.3) is 0 Å². The minimum atomic E-state index is -0.747. The molecule has 1 aromatic carbocycles. The first-order valence-electron chi connectivity index (χ1n) is 9.88. The number of halogens is 2. The summed E-state index contributed by atoms with van der Waals surface area (Å²) in [6.07, 6.45) is -0.747. The van der Waals surface area contributed by atoms with Gasteiger partial charge in [-0.3, -0.25) is 14.7 Å². The van der Waals surface area contributed by atoms with Gasteiger partial charge < -0.3 is 20.6 Å². The van der Waals surface area contributed by atoms with Gasteiger partial charge in [-0.25, -0.2) is 0 Å². The van der Waals surface area contributed by atoms with Gasteiger partial charge in [-0.1, -0.05) is 29.8 Å². The summed E-state index contributed by atoms with van der Waals surface area (Å²) in [6, 6.07) is 7.44. The van der Waals surface area contributed by atoms with Gasteiger partial charge in [-0.05, 0) is 26.8 Å². The Balaban J connectivity index is 0.00000420. The maximum Gasteiger partial charge on any atom is 0.234 e. The molecule has 29 heavy (non-hydrogen) atoms. The molecular weight excluding hydrogens is 505 g/mol. The molecule has 1 heterocycles. The molecule has 1 atom stereocenters. The third-order valence-corrected chi connectivity index (χ3v) is 4.85. The minimum Gasteiger partial charge on any atom is -0.386 e. The highest BCUT2D eigenvalue weighted by Gasteiger charge is 2.21. The monoisotopic (exact) mass is 537 g/mol. The second-order valence-corrected chi connectivity index (χ2v) is 7.62. The van der Waals surface area contributed by atoms with E-state index in [0.29, 0.717) is 17.1 Å². The molecule has 2 rings (SSSR count). The Morgan fingerprint density at radius 1 is 1.24 bits per heavy atom. The van der Waals surface area contributed by atoms with Crippen molar-refractivity contribution in [2.45, 2.75) is 32.9 Å². The zero-order valence-electron chi connectivity index (χ0n) is 17.4. The van der Waals surface area contributed by atoms with Gasteiger partial charge >= 0.3 is 0 Å². The largest absolute Gasteiger partial charge is 0.386 e. The fourth-order valence-corrected chi connectivity index (χ4v) is 3.39. The van der Waals surface area contributed by atoms with Gasteiger partial charge in [0.15, 0.2) is 5.96 Å². The topological polar surface area (TPSA) is 80.2 Å². The molecule has 3 N–H and O–H groups in total. The number of carbonyl (C=O) groups is 1. The Morgan fingerprint density at radius 3 is 2.48 bits per heavy atom. The zero-order chi connectivity index (χ0) is 20.5. The van der Waals surface area contributed by atoms with Crippen molar-refractivity contribution in [1.82, 2.24) is 20.4 Å². The maximum absolute atomic E-state index is 11.9. The summed E-state index contributed by atoms with van der Waals surface area (Å²) in [5.74, 6) is 0.840. The van der Waals surface area contributed by atoms with Crippen molar-refractivity contribution in [2.75, 3.05) is 45.8 Å². The van der Waals surface area contributed by atoms with E-state index in [1.165, 1.54) is 0 Å². The molecule has 1 amide bonds. The van der Waals surface area contributed by atoms with Crippen LogP contribution in [0.5, 0.6) is 0 Å². The molecule has 1 aromatic rings. The molecule has 0 aromatic heterocycles. The highest BCUT2D eigenvalue weighted by Crippen LogP contribution is 2.22. The number of carbonyl (C=O) groups excluding carboxylic acids is 1. The van der Waals surface area contributed by atoms with Crippen molar-refractivity contribution >= 4 is 47.4 Å². The number of amides is 1. The van der Waals surface area contributed by atoms with Crippen LogP contribution in [0, 0.1) is 0 Å². The molecule has 1 fully saturated rings. The van der Waals surface area contributed by atoms with Crippen molar-refractivity contribution in [1.29, 1.82) is 0 Å². The van der Waals surface area contributed by atoms with Crippen LogP contribution in [-0.4, -0.2) is 78.6 Å². The first-order chi connectivity index (χ1) is 13.4. The molecule has 1 aliphatic rings. The maximum atomic E-state index is 11.9. The van der Waals surface area contributed by atoms with Crippen LogP contribution < -0.4 is 10.6 Å². The van der Waals surface area contributed by atoms with Crippen LogP contribution in [-0.2, 0) is 4.79 Å². The fourth-order valence-electron chi connectivity index (χ4n) is 3.13. The quantitative estimate of drug-likeness (QED) is 0.282. The first-order valence-corrected chi connectivity index (χ1v) is 10.3. The number of aliphatic hydroxyl groups is 1. The van der Waals surface area contributed by atoms with E-state index in [1.54, 1.807) is 6.07 Å². The SMILES string of the molecule is CCNC(=NCC(O)c1ccccc1Cl)N1CCN(CC(=O)NC(C)C)CC1.I. The Hall–Kier alpha value is -1.10. The lowest BCUT2D eigenvalue weighted by molar-refractivity contribution is -0.123. The van der Waals surface area contributed by atoms with Crippen molar-refractivity contribution < 1.29 is 9.90 Å². The number of nitrogens with zero attached hydrogens (tertiary/aromatic N) is 3. The van der Waals surface area contributed by atoms with E-state index in [-0.39, 0.29) is 42.5 Å². The fraction of sp³-hybridized carbons (Fsp3) is 0.600. The normalized spacial score (nSPS) is 16.3. The first kappa shape index (κ1) is 25.9. The Bertz CT molecular complexity index is 666. The third kappa shape index (κ3) is 8.65. The Labute approximate surface area is 195 Å². The predicted molar refractivity (Wildman–Crippen MR) is 129 cm³/mol. The molecule has 0 radical (unpaired) electrons. The second kappa shape index (κ2) is 13.3. The Morgan fingerprint density at radius 2 is 1.90 bits per heavy atom. The predicted octanol–water partition coefficient (Wildman–Crippen LogP) is 2.10. The summed E-state index contributed by atoms with van der Waals surface area (Å²) in [5, 5.41) is 17.2. The standard InChI is InChI=1S/C20H32ClN5O2.HI/c1-4-22-20(23-13-18(27)16-7-5-6-8-17(16)21)26-11-9-25(10-12-26)14-19(28)24-15(2)3;/h5-8,15,18,27H,4,9-14H2,1-3H3,(H,22,23)(H,24,28);1H. The van der Waals surface area contributed by atoms with Crippen molar-refractivity contribution in [3.63, 3.8) is 0 Å². The van der Waals surface area contributed by atoms with Gasteiger partial charge in [0.05, 0.1) is 13.1 Å². The number of piperazine rings is 1. The lowest BCUT2D eigenvalue weighted by atomic mass is 10.1. The van der Waals surface area contributed by atoms with Gasteiger partial charge in [0.1, 0.15) is 6.10 Å². The van der Waals surface area contributed by atoms with E-state index in [2.05, 4.69) is 25.4 Å². The molecule has 0 spiro atoms. The molecule has 1 saturated heterocycles. The van der Waals surface area contributed by atoms with Crippen LogP contribution >= 0.6 is 35.6 Å². The van der Waals surface area contributed by atoms with Gasteiger partial charge in [0, 0.05) is 49.4 Å². The summed E-state index contributed by atoms with van der Waals surface area (Å²) >= 11 is 6.16. The number of aliphatic imine (C=N–C) groups is 1. The average molecular weight is 538 g/mol. The highest BCUT2D eigenvalue weighted by molar-refractivity contribution is 14.0. The molecule has 7 nitrogen and oxygen atoms in total. The summed E-state index contributed by atoms with van der Waals surface area (Å²) in [7, 11) is 0. The number of nitrogens with one attached hydrogen (secondary N) is 2. The molecule has 0 saturated carbocycles. The lowest BCUT2D eigenvalue weighted by Gasteiger charge is -2.36. The second-order valence-electron chi connectivity index (χ2n) is 7.22. The molecule has 1 aliphatic heterocycles. The number of aliphatic hydroxyl groups excluding tert-OH is 1. The van der Waals surface area contributed by atoms with Crippen LogP contribution in [0.3, 0.4) is 0 Å². The molecular formula is C20H33ClIN5O2. The van der Waals surface area contributed by atoms with Crippen molar-refractivity contribution in [2.24, 2.45) is 4.99 Å². The molecule has 0 aliphatic carbocycles. The van der Waals surface area contributed by atoms with E-state index in [1.807, 2.05) is 39.0 Å². The lowest BCUT2D eigenvalue weighted by Crippen LogP contribution is -2.54. The number of benzene rings is 1. The van der Waals surface area contributed by atoms with Crippen molar-refractivity contribution in [3.8, 4) is 0 Å². The van der Waals surface area contributed by atoms with E-state index < -0.39 is 6.10 Å². The van der Waals surface area contributed by atoms with Gasteiger partial charge in [0.25, 0.3) is 0 Å². The smallest absolute Gasteiger partial charge is 0.234 e. The molecule has 1 unspecified atom stereocenters. The Kier molecular flexibility index (Phi) is 11.9. The van der Waals surface area contributed by atoms with E-state index >= 15 is 0 Å². The molecule has 9 heteroatoms. The van der Waals surface area contributed by atoms with Gasteiger partial charge in [0.2, 0.25) is 5.91 Å². The molecule has 164 valence electrons. The van der Waals surface area contributed by atoms with Crippen LogP contribution in [0.4, 0.5) is 0 Å².